The molecular formula is C22H18ClN3. The van der Waals surface area contributed by atoms with Crippen molar-refractivity contribution < 1.29 is 0 Å². The molecule has 4 rings (SSSR count). The predicted molar refractivity (Wildman–Crippen MR) is 109 cm³/mol. The highest BCUT2D eigenvalue weighted by Crippen LogP contribution is 2.32. The minimum Gasteiger partial charge on any atom is -0.277 e. The van der Waals surface area contributed by atoms with Gasteiger partial charge in [-0.2, -0.15) is 5.10 Å². The molecule has 2 heterocycles. The van der Waals surface area contributed by atoms with Crippen LogP contribution in [0.2, 0.25) is 5.02 Å². The van der Waals surface area contributed by atoms with E-state index in [4.69, 9.17) is 11.6 Å². The molecule has 4 aromatic rings. The van der Waals surface area contributed by atoms with Crippen LogP contribution in [-0.4, -0.2) is 15.2 Å². The molecule has 0 aliphatic rings. The number of H-pyrrole nitrogens is 1. The van der Waals surface area contributed by atoms with Crippen LogP contribution in [0.5, 0.6) is 0 Å². The largest absolute Gasteiger partial charge is 0.277 e. The van der Waals surface area contributed by atoms with Crippen LogP contribution in [0.25, 0.3) is 34.2 Å². The average molecular weight is 360 g/mol. The molecule has 0 saturated heterocycles. The first-order valence-corrected chi connectivity index (χ1v) is 8.98. The van der Waals surface area contributed by atoms with Gasteiger partial charge in [0, 0.05) is 23.3 Å². The fourth-order valence-electron chi connectivity index (χ4n) is 3.00. The second kappa shape index (κ2) is 7.14. The topological polar surface area (TPSA) is 41.6 Å². The Bertz CT molecular complexity index is 1080. The summed E-state index contributed by atoms with van der Waals surface area (Å²) in [5, 5.41) is 9.36. The Hall–Kier alpha value is -2.91. The molecule has 0 saturated carbocycles. The Morgan fingerprint density at radius 3 is 2.69 bits per heavy atom. The van der Waals surface area contributed by atoms with E-state index in [0.717, 1.165) is 50.3 Å². The molecule has 26 heavy (non-hydrogen) atoms. The van der Waals surface area contributed by atoms with Crippen LogP contribution in [0.4, 0.5) is 0 Å². The number of aromatic amines is 1. The molecule has 0 bridgehead atoms. The Balaban J connectivity index is 1.77. The van der Waals surface area contributed by atoms with Crippen molar-refractivity contribution in [2.24, 2.45) is 0 Å². The molecule has 0 fully saturated rings. The molecule has 128 valence electrons. The smallest absolute Gasteiger partial charge is 0.0927 e. The van der Waals surface area contributed by atoms with Gasteiger partial charge in [-0.3, -0.25) is 10.1 Å². The third kappa shape index (κ3) is 3.14. The van der Waals surface area contributed by atoms with Crippen LogP contribution >= 0.6 is 11.6 Å². The fraction of sp³-hybridized carbons (Fsp3) is 0.0909. The van der Waals surface area contributed by atoms with Gasteiger partial charge in [-0.25, -0.2) is 0 Å². The van der Waals surface area contributed by atoms with E-state index in [1.54, 1.807) is 0 Å². The van der Waals surface area contributed by atoms with E-state index in [-0.39, 0.29) is 0 Å². The van der Waals surface area contributed by atoms with Crippen molar-refractivity contribution >= 4 is 34.7 Å². The summed E-state index contributed by atoms with van der Waals surface area (Å²) in [6.45, 7) is 2.08. The molecule has 0 spiro atoms. The van der Waals surface area contributed by atoms with Gasteiger partial charge in [-0.15, -0.1) is 0 Å². The van der Waals surface area contributed by atoms with Gasteiger partial charge < -0.3 is 0 Å². The first-order valence-electron chi connectivity index (χ1n) is 8.60. The highest BCUT2D eigenvalue weighted by atomic mass is 35.5. The number of aromatic nitrogens is 3. The van der Waals surface area contributed by atoms with Crippen molar-refractivity contribution in [2.45, 2.75) is 13.3 Å². The number of benzene rings is 2. The Kier molecular flexibility index (Phi) is 4.55. The summed E-state index contributed by atoms with van der Waals surface area (Å²) in [4.78, 5) is 4.34. The molecule has 0 amide bonds. The van der Waals surface area contributed by atoms with Gasteiger partial charge in [0.15, 0.2) is 0 Å². The monoisotopic (exact) mass is 359 g/mol. The number of hydrogen-bond acceptors (Lipinski definition) is 2. The lowest BCUT2D eigenvalue weighted by atomic mass is 10.0. The molecule has 1 N–H and O–H groups in total. The number of halogens is 1. The summed E-state index contributed by atoms with van der Waals surface area (Å²) in [6, 6.07) is 16.4. The lowest BCUT2D eigenvalue weighted by molar-refractivity contribution is 1.10. The molecule has 0 atom stereocenters. The number of nitrogens with one attached hydrogen (secondary N) is 1. The summed E-state index contributed by atoms with van der Waals surface area (Å²) < 4.78 is 0. The minimum atomic E-state index is 0.770. The van der Waals surface area contributed by atoms with Gasteiger partial charge in [-0.1, -0.05) is 61.0 Å². The second-order valence-electron chi connectivity index (χ2n) is 6.13. The van der Waals surface area contributed by atoms with Gasteiger partial charge in [0.1, 0.15) is 0 Å². The molecule has 0 unspecified atom stereocenters. The fourth-order valence-corrected chi connectivity index (χ4v) is 3.34. The molecule has 2 aromatic carbocycles. The van der Waals surface area contributed by atoms with E-state index < -0.39 is 0 Å². The maximum absolute atomic E-state index is 6.57. The van der Waals surface area contributed by atoms with Crippen LogP contribution in [0.3, 0.4) is 0 Å². The van der Waals surface area contributed by atoms with Gasteiger partial charge >= 0.3 is 0 Å². The summed E-state index contributed by atoms with van der Waals surface area (Å²) in [5.41, 5.74) is 6.09. The van der Waals surface area contributed by atoms with Gasteiger partial charge in [-0.05, 0) is 41.3 Å². The van der Waals surface area contributed by atoms with Crippen molar-refractivity contribution in [3.63, 3.8) is 0 Å². The number of pyridine rings is 1. The molecule has 4 heteroatoms. The van der Waals surface area contributed by atoms with Crippen LogP contribution in [-0.2, 0) is 6.42 Å². The highest BCUT2D eigenvalue weighted by molar-refractivity contribution is 6.34. The van der Waals surface area contributed by atoms with E-state index in [1.165, 1.54) is 0 Å². The second-order valence-corrected chi connectivity index (χ2v) is 6.50. The van der Waals surface area contributed by atoms with Crippen molar-refractivity contribution in [1.29, 1.82) is 0 Å². The van der Waals surface area contributed by atoms with Crippen LogP contribution in [0, 0.1) is 0 Å². The van der Waals surface area contributed by atoms with Gasteiger partial charge in [0.2, 0.25) is 0 Å². The first-order chi connectivity index (χ1) is 12.8. The van der Waals surface area contributed by atoms with Crippen LogP contribution in [0.1, 0.15) is 23.7 Å². The normalized spacial score (nSPS) is 11.5. The third-order valence-electron chi connectivity index (χ3n) is 4.47. The molecule has 0 aliphatic carbocycles. The number of nitrogens with zero attached hydrogens (tertiary/aromatic N) is 2. The summed E-state index contributed by atoms with van der Waals surface area (Å²) in [5.74, 6) is 0. The van der Waals surface area contributed by atoms with E-state index in [0.29, 0.717) is 0 Å². The molecule has 0 aliphatic heterocycles. The maximum atomic E-state index is 6.57. The van der Waals surface area contributed by atoms with E-state index in [2.05, 4.69) is 46.4 Å². The van der Waals surface area contributed by atoms with Crippen molar-refractivity contribution in [1.82, 2.24) is 15.2 Å². The zero-order chi connectivity index (χ0) is 17.9. The zero-order valence-corrected chi connectivity index (χ0v) is 15.2. The zero-order valence-electron chi connectivity index (χ0n) is 14.4. The van der Waals surface area contributed by atoms with Crippen LogP contribution in [0.15, 0.2) is 60.9 Å². The quantitative estimate of drug-likeness (QED) is 0.484. The number of fused-ring (bicyclic) bond motifs is 1. The lowest BCUT2D eigenvalue weighted by Gasteiger charge is -2.08. The average Bonchev–Trinajstić information content (AvgIpc) is 3.09. The Labute approximate surface area is 157 Å². The molecule has 2 aromatic heterocycles. The SMILES string of the molecule is CCc1cncc(-c2ccc3[nH]nc(/C=C/c4ccccc4)c3c2)c1Cl. The van der Waals surface area contributed by atoms with Crippen LogP contribution < -0.4 is 0 Å². The maximum Gasteiger partial charge on any atom is 0.0927 e. The molecule has 0 radical (unpaired) electrons. The minimum absolute atomic E-state index is 0.770. The third-order valence-corrected chi connectivity index (χ3v) is 4.92. The van der Waals surface area contributed by atoms with E-state index in [9.17, 15) is 0 Å². The Morgan fingerprint density at radius 2 is 1.88 bits per heavy atom. The van der Waals surface area contributed by atoms with Gasteiger partial charge in [0.05, 0.1) is 16.2 Å². The van der Waals surface area contributed by atoms with Crippen molar-refractivity contribution in [3.8, 4) is 11.1 Å². The molecule has 3 nitrogen and oxygen atoms in total. The standard InChI is InChI=1S/C22H18ClN3/c1-2-16-13-24-14-19(22(16)23)17-9-11-21-18(12-17)20(25-26-21)10-8-15-6-4-3-5-7-15/h3-14H,2H2,1H3,(H,25,26)/b10-8+. The van der Waals surface area contributed by atoms with Gasteiger partial charge in [0.25, 0.3) is 0 Å². The number of rotatable bonds is 4. The van der Waals surface area contributed by atoms with E-state index >= 15 is 0 Å². The Morgan fingerprint density at radius 1 is 1.04 bits per heavy atom. The predicted octanol–water partition coefficient (Wildman–Crippen LogP) is 6.01. The summed E-state index contributed by atoms with van der Waals surface area (Å²) >= 11 is 6.57. The number of hydrogen-bond donors (Lipinski definition) is 1. The van der Waals surface area contributed by atoms with E-state index in [1.807, 2.05) is 48.8 Å². The summed E-state index contributed by atoms with van der Waals surface area (Å²) in [6.07, 6.45) is 8.60. The lowest BCUT2D eigenvalue weighted by Crippen LogP contribution is -1.89. The van der Waals surface area contributed by atoms with Crippen molar-refractivity contribution in [2.75, 3.05) is 0 Å². The van der Waals surface area contributed by atoms with Crippen molar-refractivity contribution in [3.05, 3.63) is 82.8 Å². The molecular weight excluding hydrogens is 342 g/mol. The first kappa shape index (κ1) is 16.6. The number of aryl methyl sites for hydroxylation is 1. The summed E-state index contributed by atoms with van der Waals surface area (Å²) in [7, 11) is 0. The highest BCUT2D eigenvalue weighted by Gasteiger charge is 2.10.